The molecule has 0 bridgehead atoms. The van der Waals surface area contributed by atoms with Gasteiger partial charge in [-0.25, -0.2) is 4.39 Å². The SMILES string of the molecule is CC(C)(NC(=O)C1CCCC1)c1cc(C(F)(F)F)cc(C(F)(F)F)c1.CC1(F)CN[C@H](C(=O)NCc2cc(C(F)(F)F)cc(C(F)(F)F)c2)C1.C[C@@H]1CN[C@H](C(=O)NCc2cc(C(F)(F)F)cc(C(F)(F)F)c2)C1.O=C(NCc1cc(C(F)(F)F)cc(C(F)(F)F)c1)[C@@H]1C[C@@H](c2ccccc2)CN1.O=C(NCc1cc(C(F)(F)F)cc(C(F)(F)F)c1)[C@@H]1C[C@H](c2ccccc2)CN1. The average Bonchev–Trinajstić information content (AvgIpc) is 1.05. The van der Waals surface area contributed by atoms with Gasteiger partial charge in [-0.05, 0) is 207 Å². The highest BCUT2D eigenvalue weighted by Gasteiger charge is 2.46. The highest BCUT2D eigenvalue weighted by molar-refractivity contribution is 5.84. The Morgan fingerprint density at radius 1 is 0.326 bits per heavy atom. The van der Waals surface area contributed by atoms with Crippen LogP contribution in [-0.2, 0) is 117 Å². The lowest BCUT2D eigenvalue weighted by Gasteiger charge is -2.30. The quantitative estimate of drug-likeness (QED) is 0.0399. The van der Waals surface area contributed by atoms with Gasteiger partial charge in [0.1, 0.15) is 5.67 Å². The van der Waals surface area contributed by atoms with Gasteiger partial charge in [0.05, 0.1) is 85.3 Å². The van der Waals surface area contributed by atoms with E-state index in [1.54, 1.807) is 0 Å². The van der Waals surface area contributed by atoms with E-state index in [2.05, 4.69) is 47.9 Å². The van der Waals surface area contributed by atoms with Gasteiger partial charge in [0.2, 0.25) is 29.5 Å². The molecular weight excluding hydrogens is 1840 g/mol. The topological polar surface area (TPSA) is 194 Å². The zero-order chi connectivity index (χ0) is 98.7. The van der Waals surface area contributed by atoms with E-state index >= 15 is 0 Å². The maximum Gasteiger partial charge on any atom is 0.416 e. The van der Waals surface area contributed by atoms with Crippen LogP contribution in [0, 0.1) is 11.8 Å². The number of benzene rings is 7. The van der Waals surface area contributed by atoms with E-state index in [0.29, 0.717) is 112 Å². The Hall–Kier alpha value is -10.4. The molecule has 1 saturated carbocycles. The summed E-state index contributed by atoms with van der Waals surface area (Å²) in [6, 6.07) is 22.9. The molecule has 0 radical (unpaired) electrons. The number of amides is 5. The van der Waals surface area contributed by atoms with Crippen molar-refractivity contribution in [2.24, 2.45) is 11.8 Å². The van der Waals surface area contributed by atoms with Crippen molar-refractivity contribution in [2.75, 3.05) is 26.2 Å². The van der Waals surface area contributed by atoms with Crippen molar-refractivity contribution < 1.29 is 160 Å². The maximum atomic E-state index is 13.7. The van der Waals surface area contributed by atoms with Gasteiger partial charge in [0, 0.05) is 58.2 Å². The molecule has 5 aliphatic rings. The van der Waals surface area contributed by atoms with Crippen molar-refractivity contribution in [3.63, 3.8) is 0 Å². The van der Waals surface area contributed by atoms with E-state index in [1.807, 2.05) is 67.6 Å². The van der Waals surface area contributed by atoms with E-state index in [0.717, 1.165) is 24.0 Å². The standard InChI is InChI=1S/2C20H18F6N2O.C17H19F6NO.C15H15F7N2O.C15H16F6N2O/c2*21-19(22,23)15-6-12(7-16(9-15)20(24,25)26)10-28-18(29)17-8-14(11-27-17)13-4-2-1-3-5-13;1-15(2,24-14(25)10-5-3-4-6-10)11-7-12(16(18,19)20)9-13(8-11)17(21,22)23;1-13(16)5-11(24-7-13)12(25)23-6-8-2-9(14(17,18)19)4-10(3-8)15(20,21)22;1-8-2-12(22-6-8)13(24)23-7-9-3-10(14(16,17)18)5-11(4-9)15(19,20)21/h2*1-7,9,14,17,27H,8,10-11H2,(H,28,29);7-10H,3-6H2,1-2H3,(H,24,25);2-4,11,24H,5-7H2,1H3,(H,23,25);3-5,8,12,22H,2,6-7H2,1H3,(H,23,24)/t14-,17+;14-,17-;;11-,13?;8-,12-/m10.00/s1. The summed E-state index contributed by atoms with van der Waals surface area (Å²) in [7, 11) is 0. The van der Waals surface area contributed by atoms with Crippen molar-refractivity contribution in [1.82, 2.24) is 47.9 Å². The van der Waals surface area contributed by atoms with E-state index in [9.17, 15) is 160 Å². The van der Waals surface area contributed by atoms with Crippen LogP contribution in [0.4, 0.5) is 136 Å². The minimum absolute atomic E-state index is 0.0123. The first-order valence-electron chi connectivity index (χ1n) is 40.2. The molecule has 7 aromatic carbocycles. The highest BCUT2D eigenvalue weighted by atomic mass is 19.4. The molecule has 1 unspecified atom stereocenters. The highest BCUT2D eigenvalue weighted by Crippen LogP contribution is 2.44. The van der Waals surface area contributed by atoms with Gasteiger partial charge in [-0.1, -0.05) is 80.4 Å². The smallest absolute Gasteiger partial charge is 0.351 e. The Labute approximate surface area is 733 Å². The Morgan fingerprint density at radius 3 is 0.811 bits per heavy atom. The summed E-state index contributed by atoms with van der Waals surface area (Å²) in [4.78, 5) is 60.7. The maximum absolute atomic E-state index is 13.7. The third-order valence-electron chi connectivity index (χ3n) is 21.7. The summed E-state index contributed by atoms with van der Waals surface area (Å²) in [6.45, 7) is 5.91. The minimum Gasteiger partial charge on any atom is -0.351 e. The fraction of sp³-hybridized carbons (Fsp3) is 0.460. The predicted octanol–water partition coefficient (Wildman–Crippen LogP) is 21.0. The third kappa shape index (κ3) is 31.9. The predicted molar refractivity (Wildman–Crippen MR) is 415 cm³/mol. The molecule has 0 aromatic heterocycles. The summed E-state index contributed by atoms with van der Waals surface area (Å²) in [6.07, 6.45) is -44.7. The summed E-state index contributed by atoms with van der Waals surface area (Å²) < 4.78 is 400. The van der Waals surface area contributed by atoms with Gasteiger partial charge in [-0.15, -0.1) is 0 Å². The van der Waals surface area contributed by atoms with Crippen molar-refractivity contribution >= 4 is 29.5 Å². The van der Waals surface area contributed by atoms with Gasteiger partial charge in [0.25, 0.3) is 0 Å². The second-order valence-electron chi connectivity index (χ2n) is 32.9. The molecule has 5 amide bonds. The molecule has 4 aliphatic heterocycles. The summed E-state index contributed by atoms with van der Waals surface area (Å²) in [5, 5.41) is 23.7. The number of alkyl halides is 31. The van der Waals surface area contributed by atoms with Gasteiger partial charge < -0.3 is 47.9 Å². The first-order valence-corrected chi connectivity index (χ1v) is 40.2. The Kier molecular flexibility index (Phi) is 34.4. The van der Waals surface area contributed by atoms with Crippen LogP contribution in [0.25, 0.3) is 0 Å². The average molecular weight is 1930 g/mol. The molecule has 5 fully saturated rings. The lowest BCUT2D eigenvalue weighted by molar-refractivity contribution is -0.144. The molecule has 4 saturated heterocycles. The zero-order valence-corrected chi connectivity index (χ0v) is 69.6. The number of hydrogen-bond acceptors (Lipinski definition) is 9. The van der Waals surface area contributed by atoms with Crippen LogP contribution >= 0.6 is 0 Å². The lowest BCUT2D eigenvalue weighted by atomic mass is 9.89. The fourth-order valence-electron chi connectivity index (χ4n) is 14.8. The Morgan fingerprint density at radius 2 is 0.568 bits per heavy atom. The molecule has 132 heavy (non-hydrogen) atoms. The summed E-state index contributed by atoms with van der Waals surface area (Å²) in [5.74, 6) is -2.14. The number of carbonyl (C=O) groups is 5. The normalized spacial score (nSPS) is 20.6. The molecule has 7 aromatic rings. The van der Waals surface area contributed by atoms with Crippen LogP contribution in [0.5, 0.6) is 0 Å². The number of halogens is 31. The van der Waals surface area contributed by atoms with Crippen LogP contribution < -0.4 is 47.9 Å². The van der Waals surface area contributed by atoms with Crippen LogP contribution in [0.15, 0.2) is 152 Å². The largest absolute Gasteiger partial charge is 0.416 e. The molecular formula is C87H86F31N9O5. The molecule has 9 N–H and O–H groups in total. The number of rotatable bonds is 17. The van der Waals surface area contributed by atoms with Crippen LogP contribution in [0.3, 0.4) is 0 Å². The van der Waals surface area contributed by atoms with E-state index in [1.165, 1.54) is 20.8 Å². The first kappa shape index (κ1) is 107. The molecule has 0 spiro atoms. The zero-order valence-electron chi connectivity index (χ0n) is 69.6. The van der Waals surface area contributed by atoms with Crippen molar-refractivity contribution in [3.05, 3.63) is 246 Å². The summed E-state index contributed by atoms with van der Waals surface area (Å²) >= 11 is 0. The van der Waals surface area contributed by atoms with E-state index < -0.39 is 203 Å². The number of hydrogen-bond donors (Lipinski definition) is 9. The molecule has 45 heteroatoms. The molecule has 1 aliphatic carbocycles. The van der Waals surface area contributed by atoms with Crippen molar-refractivity contribution in [3.8, 4) is 0 Å². The second kappa shape index (κ2) is 42.4. The van der Waals surface area contributed by atoms with Gasteiger partial charge in [0.15, 0.2) is 0 Å². The van der Waals surface area contributed by atoms with E-state index in [-0.39, 0.29) is 101 Å². The van der Waals surface area contributed by atoms with Gasteiger partial charge in [-0.2, -0.15) is 132 Å². The first-order chi connectivity index (χ1) is 60.6. The van der Waals surface area contributed by atoms with Crippen molar-refractivity contribution in [2.45, 2.75) is 214 Å². The Bertz CT molecular complexity index is 4770. The molecule has 12 rings (SSSR count). The Balaban J connectivity index is 0.000000204. The molecule has 726 valence electrons. The van der Waals surface area contributed by atoms with Crippen LogP contribution in [-0.4, -0.2) is 85.6 Å². The lowest BCUT2D eigenvalue weighted by Crippen LogP contribution is -2.43. The van der Waals surface area contributed by atoms with Crippen LogP contribution in [0.2, 0.25) is 0 Å². The van der Waals surface area contributed by atoms with Gasteiger partial charge >= 0.3 is 61.8 Å². The second-order valence-corrected chi connectivity index (χ2v) is 32.9. The fourth-order valence-corrected chi connectivity index (χ4v) is 14.8. The summed E-state index contributed by atoms with van der Waals surface area (Å²) in [5.41, 5.74) is -16.3. The molecule has 4 heterocycles. The van der Waals surface area contributed by atoms with Crippen LogP contribution in [0.1, 0.15) is 185 Å². The molecule has 14 nitrogen and oxygen atoms in total. The monoisotopic (exact) mass is 1930 g/mol. The molecule has 8 atom stereocenters. The van der Waals surface area contributed by atoms with Gasteiger partial charge in [-0.3, -0.25) is 24.0 Å². The minimum atomic E-state index is -4.96. The number of nitrogens with one attached hydrogen (secondary N) is 9. The number of carbonyl (C=O) groups excluding carboxylic acids is 5. The third-order valence-corrected chi connectivity index (χ3v) is 21.7. The van der Waals surface area contributed by atoms with E-state index in [4.69, 9.17) is 0 Å². The van der Waals surface area contributed by atoms with Crippen molar-refractivity contribution in [1.29, 1.82) is 0 Å².